The van der Waals surface area contributed by atoms with Gasteiger partial charge in [-0.05, 0) is 44.9 Å². The van der Waals surface area contributed by atoms with Gasteiger partial charge in [-0.15, -0.1) is 23.2 Å². The number of fused-ring (bicyclic) bond motifs is 1. The van der Waals surface area contributed by atoms with E-state index in [-0.39, 0.29) is 12.7 Å². The predicted molar refractivity (Wildman–Crippen MR) is 80.9 cm³/mol. The molecule has 4 nitrogen and oxygen atoms in total. The quantitative estimate of drug-likeness (QED) is 0.865. The molecule has 1 aliphatic carbocycles. The van der Waals surface area contributed by atoms with Crippen molar-refractivity contribution in [1.29, 1.82) is 0 Å². The number of benzene rings is 1. The van der Waals surface area contributed by atoms with Crippen molar-refractivity contribution in [3.05, 3.63) is 23.8 Å². The van der Waals surface area contributed by atoms with Crippen molar-refractivity contribution in [2.24, 2.45) is 5.41 Å². The van der Waals surface area contributed by atoms with Crippen LogP contribution in [0, 0.1) is 5.41 Å². The molecular weight excluding hydrogens is 313 g/mol. The maximum Gasteiger partial charge on any atom is 0.231 e. The number of alkyl halides is 2. The topological polar surface area (TPSA) is 47.6 Å². The number of carbonyl (C=O) groups is 1. The Hall–Kier alpha value is -1.13. The van der Waals surface area contributed by atoms with Gasteiger partial charge in [0.2, 0.25) is 12.7 Å². The van der Waals surface area contributed by atoms with Gasteiger partial charge in [-0.1, -0.05) is 6.07 Å². The number of amides is 1. The fourth-order valence-corrected chi connectivity index (χ4v) is 3.13. The second-order valence-electron chi connectivity index (χ2n) is 6.36. The highest BCUT2D eigenvalue weighted by atomic mass is 35.5. The molecule has 0 unspecified atom stereocenters. The number of hydrogen-bond acceptors (Lipinski definition) is 3. The molecular formula is C15H17Cl2NO3. The molecule has 0 bridgehead atoms. The maximum absolute atomic E-state index is 12.4. The Kier molecular flexibility index (Phi) is 3.12. The standard InChI is InChI=1S/C15H17Cl2NO3/c1-13(2,18-12(19)14(3)7-15(14,16)17)9-4-5-10-11(6-9)21-8-20-10/h4-6H,7-8H2,1-3H3,(H,18,19)/t14-/m1/s1. The summed E-state index contributed by atoms with van der Waals surface area (Å²) < 4.78 is 9.70. The summed E-state index contributed by atoms with van der Waals surface area (Å²) in [6, 6.07) is 5.64. The molecule has 6 heteroatoms. The van der Waals surface area contributed by atoms with Crippen LogP contribution in [0.2, 0.25) is 0 Å². The molecule has 0 saturated heterocycles. The first-order valence-corrected chi connectivity index (χ1v) is 7.52. The minimum atomic E-state index is -0.970. The minimum Gasteiger partial charge on any atom is -0.454 e. The Morgan fingerprint density at radius 2 is 1.90 bits per heavy atom. The molecule has 3 rings (SSSR count). The molecule has 1 N–H and O–H groups in total. The lowest BCUT2D eigenvalue weighted by molar-refractivity contribution is -0.127. The number of nitrogens with one attached hydrogen (secondary N) is 1. The van der Waals surface area contributed by atoms with E-state index in [1.165, 1.54) is 0 Å². The van der Waals surface area contributed by atoms with Crippen LogP contribution in [0.25, 0.3) is 0 Å². The van der Waals surface area contributed by atoms with Gasteiger partial charge in [0.15, 0.2) is 11.5 Å². The summed E-state index contributed by atoms with van der Waals surface area (Å²) in [6.45, 7) is 5.86. The van der Waals surface area contributed by atoms with Crippen molar-refractivity contribution >= 4 is 29.1 Å². The molecule has 1 heterocycles. The van der Waals surface area contributed by atoms with Gasteiger partial charge in [0.05, 0.1) is 11.0 Å². The molecule has 1 saturated carbocycles. The third-order valence-corrected chi connectivity index (χ3v) is 5.38. The van der Waals surface area contributed by atoms with E-state index in [9.17, 15) is 4.79 Å². The summed E-state index contributed by atoms with van der Waals surface area (Å²) in [6.07, 6.45) is 0.464. The van der Waals surface area contributed by atoms with Gasteiger partial charge < -0.3 is 14.8 Å². The number of halogens is 2. The summed E-state index contributed by atoms with van der Waals surface area (Å²) in [4.78, 5) is 12.4. The summed E-state index contributed by atoms with van der Waals surface area (Å²) in [7, 11) is 0. The maximum atomic E-state index is 12.4. The predicted octanol–water partition coefficient (Wildman–Crippen LogP) is 3.35. The zero-order valence-electron chi connectivity index (χ0n) is 12.1. The fourth-order valence-electron chi connectivity index (χ4n) is 2.43. The molecule has 0 spiro atoms. The third kappa shape index (κ3) is 2.34. The van der Waals surface area contributed by atoms with Crippen molar-refractivity contribution in [2.75, 3.05) is 6.79 Å². The minimum absolute atomic E-state index is 0.143. The normalized spacial score (nSPS) is 25.6. The molecule has 1 atom stereocenters. The molecule has 1 aromatic carbocycles. The van der Waals surface area contributed by atoms with Crippen LogP contribution in [-0.4, -0.2) is 17.0 Å². The van der Waals surface area contributed by atoms with Crippen LogP contribution in [0.1, 0.15) is 32.8 Å². The van der Waals surface area contributed by atoms with E-state index >= 15 is 0 Å². The molecule has 1 aromatic rings. The average Bonchev–Trinajstić information content (AvgIpc) is 2.77. The smallest absolute Gasteiger partial charge is 0.231 e. The molecule has 2 aliphatic rings. The molecule has 114 valence electrons. The van der Waals surface area contributed by atoms with E-state index in [0.29, 0.717) is 12.2 Å². The van der Waals surface area contributed by atoms with E-state index in [2.05, 4.69) is 5.32 Å². The van der Waals surface area contributed by atoms with E-state index in [4.69, 9.17) is 32.7 Å². The lowest BCUT2D eigenvalue weighted by Gasteiger charge is -2.29. The van der Waals surface area contributed by atoms with Crippen molar-refractivity contribution in [3.63, 3.8) is 0 Å². The lowest BCUT2D eigenvalue weighted by Crippen LogP contribution is -2.45. The second kappa shape index (κ2) is 4.43. The molecule has 21 heavy (non-hydrogen) atoms. The van der Waals surface area contributed by atoms with Crippen LogP contribution < -0.4 is 14.8 Å². The molecule has 0 radical (unpaired) electrons. The van der Waals surface area contributed by atoms with Gasteiger partial charge in [0, 0.05) is 0 Å². The highest BCUT2D eigenvalue weighted by molar-refractivity contribution is 6.53. The summed E-state index contributed by atoms with van der Waals surface area (Å²) >= 11 is 12.1. The van der Waals surface area contributed by atoms with Gasteiger partial charge in [0.1, 0.15) is 4.33 Å². The van der Waals surface area contributed by atoms with E-state index in [0.717, 1.165) is 11.3 Å². The van der Waals surface area contributed by atoms with Crippen molar-refractivity contribution in [1.82, 2.24) is 5.32 Å². The first-order valence-electron chi connectivity index (χ1n) is 6.76. The molecule has 0 aromatic heterocycles. The lowest BCUT2D eigenvalue weighted by atomic mass is 9.92. The monoisotopic (exact) mass is 329 g/mol. The number of carbonyl (C=O) groups excluding carboxylic acids is 1. The first kappa shape index (κ1) is 14.8. The van der Waals surface area contributed by atoms with Crippen LogP contribution in [0.15, 0.2) is 18.2 Å². The van der Waals surface area contributed by atoms with Crippen molar-refractivity contribution < 1.29 is 14.3 Å². The van der Waals surface area contributed by atoms with E-state index in [1.807, 2.05) is 32.0 Å². The second-order valence-corrected chi connectivity index (χ2v) is 7.84. The third-order valence-electron chi connectivity index (χ3n) is 4.28. The summed E-state index contributed by atoms with van der Waals surface area (Å²) in [5, 5.41) is 3.02. The van der Waals surface area contributed by atoms with Crippen molar-refractivity contribution in [2.45, 2.75) is 37.1 Å². The Bertz CT molecular complexity index is 615. The molecule has 1 amide bonds. The summed E-state index contributed by atoms with van der Waals surface area (Å²) in [5.41, 5.74) is -0.365. The Balaban J connectivity index is 1.80. The Morgan fingerprint density at radius 3 is 2.52 bits per heavy atom. The summed E-state index contributed by atoms with van der Waals surface area (Å²) in [5.74, 6) is 1.27. The van der Waals surface area contributed by atoms with E-state index < -0.39 is 15.3 Å². The van der Waals surface area contributed by atoms with Crippen LogP contribution in [0.4, 0.5) is 0 Å². The zero-order chi connectivity index (χ0) is 15.5. The highest BCUT2D eigenvalue weighted by Crippen LogP contribution is 2.64. The van der Waals surface area contributed by atoms with Gasteiger partial charge in [-0.2, -0.15) is 0 Å². The Morgan fingerprint density at radius 1 is 1.29 bits per heavy atom. The fraction of sp³-hybridized carbons (Fsp3) is 0.533. The largest absolute Gasteiger partial charge is 0.454 e. The van der Waals surface area contributed by atoms with Crippen LogP contribution in [0.3, 0.4) is 0 Å². The van der Waals surface area contributed by atoms with Crippen LogP contribution in [0.5, 0.6) is 11.5 Å². The number of hydrogen-bond donors (Lipinski definition) is 1. The van der Waals surface area contributed by atoms with Gasteiger partial charge in [-0.3, -0.25) is 4.79 Å². The number of ether oxygens (including phenoxy) is 2. The van der Waals surface area contributed by atoms with Gasteiger partial charge in [-0.25, -0.2) is 0 Å². The van der Waals surface area contributed by atoms with E-state index in [1.54, 1.807) is 6.92 Å². The molecule has 1 aliphatic heterocycles. The van der Waals surface area contributed by atoms with Crippen LogP contribution >= 0.6 is 23.2 Å². The Labute approximate surface area is 133 Å². The SMILES string of the molecule is CC(C)(NC(=O)[C@@]1(C)CC1(Cl)Cl)c1ccc2c(c1)OCO2. The highest BCUT2D eigenvalue weighted by Gasteiger charge is 2.68. The van der Waals surface area contributed by atoms with Gasteiger partial charge in [0.25, 0.3) is 0 Å². The van der Waals surface area contributed by atoms with Gasteiger partial charge >= 0.3 is 0 Å². The molecule has 1 fully saturated rings. The first-order chi connectivity index (χ1) is 9.66. The average molecular weight is 330 g/mol. The zero-order valence-corrected chi connectivity index (χ0v) is 13.6. The number of rotatable bonds is 3. The van der Waals surface area contributed by atoms with Crippen LogP contribution in [-0.2, 0) is 10.3 Å². The van der Waals surface area contributed by atoms with Crippen molar-refractivity contribution in [3.8, 4) is 11.5 Å².